The third-order valence-corrected chi connectivity index (χ3v) is 5.01. The number of H-pyrrole nitrogens is 2. The van der Waals surface area contributed by atoms with Crippen LogP contribution in [-0.2, 0) is 16.9 Å². The van der Waals surface area contributed by atoms with E-state index < -0.39 is 11.2 Å². The van der Waals surface area contributed by atoms with Crippen LogP contribution >= 0.6 is 0 Å². The first kappa shape index (κ1) is 15.7. The van der Waals surface area contributed by atoms with Crippen LogP contribution in [0.4, 0.5) is 0 Å². The Morgan fingerprint density at radius 1 is 1.12 bits per heavy atom. The normalized spacial score (nSPS) is 12.6. The van der Waals surface area contributed by atoms with Gasteiger partial charge in [0.05, 0.1) is 42.6 Å². The SMILES string of the molecule is COc1ccnc(C[S+]([O-])c2nc3cc4[nH]cnc4cc3[nH]2)c1OC. The fraction of sp³-hybridized carbons (Fsp3) is 0.188. The number of pyridine rings is 1. The molecule has 1 unspecified atom stereocenters. The monoisotopic (exact) mass is 357 g/mol. The van der Waals surface area contributed by atoms with Gasteiger partial charge in [-0.1, -0.05) is 0 Å². The number of hydrogen-bond donors (Lipinski definition) is 2. The van der Waals surface area contributed by atoms with Gasteiger partial charge in [0.2, 0.25) is 0 Å². The molecule has 0 aliphatic heterocycles. The van der Waals surface area contributed by atoms with Crippen LogP contribution in [0.5, 0.6) is 11.5 Å². The Bertz CT molecular complexity index is 997. The van der Waals surface area contributed by atoms with Gasteiger partial charge in [-0.2, -0.15) is 4.98 Å². The highest BCUT2D eigenvalue weighted by Gasteiger charge is 2.22. The van der Waals surface area contributed by atoms with Crippen LogP contribution in [0.25, 0.3) is 22.1 Å². The van der Waals surface area contributed by atoms with E-state index >= 15 is 0 Å². The first-order valence-electron chi connectivity index (χ1n) is 7.46. The zero-order chi connectivity index (χ0) is 17.4. The number of imidazole rings is 2. The number of aromatic nitrogens is 5. The molecule has 0 bridgehead atoms. The highest BCUT2D eigenvalue weighted by molar-refractivity contribution is 7.90. The van der Waals surface area contributed by atoms with E-state index in [1.54, 1.807) is 25.7 Å². The van der Waals surface area contributed by atoms with E-state index in [0.29, 0.717) is 22.3 Å². The lowest BCUT2D eigenvalue weighted by atomic mass is 10.3. The molecular formula is C16H15N5O3S. The minimum atomic E-state index is -1.41. The summed E-state index contributed by atoms with van der Waals surface area (Å²) in [5.74, 6) is 1.19. The molecule has 8 nitrogen and oxygen atoms in total. The fourth-order valence-electron chi connectivity index (χ4n) is 2.67. The Morgan fingerprint density at radius 3 is 2.76 bits per heavy atom. The fourth-order valence-corrected chi connectivity index (χ4v) is 3.68. The molecule has 0 radical (unpaired) electrons. The van der Waals surface area contributed by atoms with E-state index in [-0.39, 0.29) is 5.75 Å². The maximum atomic E-state index is 12.7. The van der Waals surface area contributed by atoms with Crippen molar-refractivity contribution in [2.24, 2.45) is 0 Å². The minimum absolute atomic E-state index is 0.163. The van der Waals surface area contributed by atoms with Crippen LogP contribution in [-0.4, -0.2) is 43.7 Å². The van der Waals surface area contributed by atoms with E-state index in [4.69, 9.17) is 9.47 Å². The molecule has 25 heavy (non-hydrogen) atoms. The first-order valence-corrected chi connectivity index (χ1v) is 8.78. The first-order chi connectivity index (χ1) is 12.2. The van der Waals surface area contributed by atoms with Gasteiger partial charge in [-0.15, -0.1) is 0 Å². The predicted molar refractivity (Wildman–Crippen MR) is 93.2 cm³/mol. The molecule has 1 atom stereocenters. The summed E-state index contributed by atoms with van der Waals surface area (Å²) < 4.78 is 23.3. The molecule has 0 saturated carbocycles. The zero-order valence-corrected chi connectivity index (χ0v) is 14.4. The molecule has 1 aromatic carbocycles. The highest BCUT2D eigenvalue weighted by atomic mass is 32.2. The number of fused-ring (bicyclic) bond motifs is 2. The van der Waals surface area contributed by atoms with Crippen molar-refractivity contribution < 1.29 is 14.0 Å². The van der Waals surface area contributed by atoms with Gasteiger partial charge in [0, 0.05) is 23.4 Å². The molecule has 0 amide bonds. The number of hydrogen-bond acceptors (Lipinski definition) is 6. The van der Waals surface area contributed by atoms with Crippen molar-refractivity contribution in [2.45, 2.75) is 10.9 Å². The van der Waals surface area contributed by atoms with Gasteiger partial charge in [-0.05, 0) is 12.1 Å². The smallest absolute Gasteiger partial charge is 0.322 e. The lowest BCUT2D eigenvalue weighted by Gasteiger charge is -2.12. The number of methoxy groups -OCH3 is 2. The van der Waals surface area contributed by atoms with E-state index in [9.17, 15) is 4.55 Å². The quantitative estimate of drug-likeness (QED) is 0.529. The number of aromatic amines is 2. The van der Waals surface area contributed by atoms with Crippen molar-refractivity contribution >= 4 is 33.2 Å². The third kappa shape index (κ3) is 2.77. The molecule has 128 valence electrons. The zero-order valence-electron chi connectivity index (χ0n) is 13.6. The summed E-state index contributed by atoms with van der Waals surface area (Å²) >= 11 is -1.41. The third-order valence-electron chi connectivity index (χ3n) is 3.85. The summed E-state index contributed by atoms with van der Waals surface area (Å²) in [6.45, 7) is 0. The van der Waals surface area contributed by atoms with Crippen molar-refractivity contribution in [3.63, 3.8) is 0 Å². The molecule has 0 aliphatic carbocycles. The number of nitrogens with zero attached hydrogens (tertiary/aromatic N) is 3. The summed E-state index contributed by atoms with van der Waals surface area (Å²) in [7, 11) is 3.08. The Morgan fingerprint density at radius 2 is 1.96 bits per heavy atom. The average molecular weight is 357 g/mol. The summed E-state index contributed by atoms with van der Waals surface area (Å²) in [5, 5.41) is 0.384. The highest BCUT2D eigenvalue weighted by Crippen LogP contribution is 2.31. The maximum Gasteiger partial charge on any atom is 0.322 e. The van der Waals surface area contributed by atoms with Gasteiger partial charge in [-0.25, -0.2) is 4.98 Å². The Balaban J connectivity index is 1.67. The second-order valence-corrected chi connectivity index (χ2v) is 6.68. The van der Waals surface area contributed by atoms with Crippen LogP contribution in [0.15, 0.2) is 35.9 Å². The second kappa shape index (κ2) is 6.26. The summed E-state index contributed by atoms with van der Waals surface area (Å²) in [4.78, 5) is 19.0. The van der Waals surface area contributed by atoms with Crippen molar-refractivity contribution in [3.05, 3.63) is 36.4 Å². The second-order valence-electron chi connectivity index (χ2n) is 5.31. The topological polar surface area (TPSA) is 112 Å². The molecule has 0 saturated heterocycles. The van der Waals surface area contributed by atoms with Crippen LogP contribution in [0.1, 0.15) is 5.69 Å². The van der Waals surface area contributed by atoms with Gasteiger partial charge in [-0.3, -0.25) is 9.97 Å². The number of nitrogens with one attached hydrogen (secondary N) is 2. The van der Waals surface area contributed by atoms with Crippen LogP contribution in [0, 0.1) is 0 Å². The van der Waals surface area contributed by atoms with Crippen molar-refractivity contribution in [3.8, 4) is 11.5 Å². The number of ether oxygens (including phenoxy) is 2. The molecule has 2 N–H and O–H groups in total. The van der Waals surface area contributed by atoms with E-state index in [2.05, 4.69) is 24.9 Å². The summed E-state index contributed by atoms with van der Waals surface area (Å²) in [6.07, 6.45) is 3.23. The van der Waals surface area contributed by atoms with E-state index in [1.807, 2.05) is 12.1 Å². The lowest BCUT2D eigenvalue weighted by molar-refractivity contribution is 0.350. The van der Waals surface area contributed by atoms with Crippen LogP contribution < -0.4 is 9.47 Å². The summed E-state index contributed by atoms with van der Waals surface area (Å²) in [5.41, 5.74) is 3.77. The number of rotatable bonds is 5. The van der Waals surface area contributed by atoms with Gasteiger partial charge in [0.1, 0.15) is 5.69 Å². The van der Waals surface area contributed by atoms with Gasteiger partial charge >= 0.3 is 5.16 Å². The Labute approximate surface area is 145 Å². The molecule has 0 fully saturated rings. The average Bonchev–Trinajstić information content (AvgIpc) is 3.24. The minimum Gasteiger partial charge on any atom is -0.609 e. The Kier molecular flexibility index (Phi) is 3.94. The van der Waals surface area contributed by atoms with Gasteiger partial charge < -0.3 is 19.0 Å². The largest absolute Gasteiger partial charge is 0.609 e. The molecule has 4 aromatic rings. The molecule has 0 spiro atoms. The molecular weight excluding hydrogens is 342 g/mol. The Hall–Kier alpha value is -2.78. The number of benzene rings is 1. The molecule has 0 aliphatic rings. The van der Waals surface area contributed by atoms with Crippen molar-refractivity contribution in [2.75, 3.05) is 14.2 Å². The van der Waals surface area contributed by atoms with Crippen LogP contribution in [0.3, 0.4) is 0 Å². The molecule has 9 heteroatoms. The standard InChI is InChI=1S/C16H15N5O3S/c1-23-14-3-4-17-13(15(14)24-2)7-25(22)16-20-11-5-9-10(19-8-18-9)6-12(11)21-16/h3-6,8H,7H2,1-2H3,(H,18,19)(H,20,21). The van der Waals surface area contributed by atoms with E-state index in [1.165, 1.54) is 7.11 Å². The molecule has 4 rings (SSSR count). The predicted octanol–water partition coefficient (Wildman–Crippen LogP) is 2.16. The van der Waals surface area contributed by atoms with Crippen LogP contribution in [0.2, 0.25) is 0 Å². The van der Waals surface area contributed by atoms with Crippen molar-refractivity contribution in [1.82, 2.24) is 24.9 Å². The summed E-state index contributed by atoms with van der Waals surface area (Å²) in [6, 6.07) is 5.44. The molecule has 3 heterocycles. The lowest BCUT2D eigenvalue weighted by Crippen LogP contribution is -2.10. The van der Waals surface area contributed by atoms with E-state index in [0.717, 1.165) is 22.1 Å². The van der Waals surface area contributed by atoms with Gasteiger partial charge in [0.25, 0.3) is 0 Å². The van der Waals surface area contributed by atoms with Gasteiger partial charge in [0.15, 0.2) is 17.3 Å². The van der Waals surface area contributed by atoms with Crippen molar-refractivity contribution in [1.29, 1.82) is 0 Å². The molecule has 3 aromatic heterocycles. The maximum absolute atomic E-state index is 12.7.